The van der Waals surface area contributed by atoms with Gasteiger partial charge < -0.3 is 4.79 Å². The molecule has 0 amide bonds. The second-order valence-corrected chi connectivity index (χ2v) is 3.67. The first-order chi connectivity index (χ1) is 7.16. The lowest BCUT2D eigenvalue weighted by atomic mass is 10.2. The molecule has 2 aromatic rings. The zero-order chi connectivity index (χ0) is 10.8. The zero-order valence-corrected chi connectivity index (χ0v) is 8.90. The number of aryl methyl sites for hydroxylation is 2. The molecular weight excluding hydrogens is 190 g/mol. The van der Waals surface area contributed by atoms with Crippen LogP contribution in [0.15, 0.2) is 18.2 Å². The molecule has 0 aromatic carbocycles. The quantitative estimate of drug-likeness (QED) is 0.760. The Balaban J connectivity index is 2.31. The zero-order valence-electron chi connectivity index (χ0n) is 8.90. The molecule has 15 heavy (non-hydrogen) atoms. The summed E-state index contributed by atoms with van der Waals surface area (Å²) in [6.07, 6.45) is 1.13. The Labute approximate surface area is 87.9 Å². The summed E-state index contributed by atoms with van der Waals surface area (Å²) in [5, 5.41) is 4.34. The van der Waals surface area contributed by atoms with Gasteiger partial charge in [0.2, 0.25) is 0 Å². The van der Waals surface area contributed by atoms with E-state index in [4.69, 9.17) is 0 Å². The van der Waals surface area contributed by atoms with Crippen molar-refractivity contribution >= 4 is 11.4 Å². The Kier molecular flexibility index (Phi) is 2.49. The van der Waals surface area contributed by atoms with Crippen molar-refractivity contribution in [2.75, 3.05) is 0 Å². The van der Waals surface area contributed by atoms with Crippen molar-refractivity contribution in [1.29, 1.82) is 0 Å². The number of fused-ring (bicyclic) bond motifs is 1. The van der Waals surface area contributed by atoms with E-state index in [1.54, 1.807) is 11.4 Å². The van der Waals surface area contributed by atoms with Crippen molar-refractivity contribution in [3.63, 3.8) is 0 Å². The number of Topliss-reactive ketones (excluding diaryl/α,β-unsaturated/α-hetero) is 1. The van der Waals surface area contributed by atoms with Crippen LogP contribution < -0.4 is 0 Å². The van der Waals surface area contributed by atoms with Gasteiger partial charge >= 0.3 is 0 Å². The first-order valence-corrected chi connectivity index (χ1v) is 4.97. The van der Waals surface area contributed by atoms with E-state index in [0.29, 0.717) is 12.8 Å². The number of carbonyl (C=O) groups excluding carboxylic acids is 1. The van der Waals surface area contributed by atoms with Crippen LogP contribution in [0.25, 0.3) is 5.65 Å². The lowest BCUT2D eigenvalue weighted by Gasteiger charge is -1.94. The number of pyridine rings is 1. The van der Waals surface area contributed by atoms with E-state index >= 15 is 0 Å². The fraction of sp³-hybridized carbons (Fsp3) is 0.364. The van der Waals surface area contributed by atoms with Crippen molar-refractivity contribution in [2.45, 2.75) is 26.7 Å². The van der Waals surface area contributed by atoms with Crippen molar-refractivity contribution in [1.82, 2.24) is 14.6 Å². The Morgan fingerprint density at radius 1 is 1.47 bits per heavy atom. The lowest BCUT2D eigenvalue weighted by molar-refractivity contribution is -0.117. The summed E-state index contributed by atoms with van der Waals surface area (Å²) >= 11 is 0. The molecule has 0 aliphatic carbocycles. The van der Waals surface area contributed by atoms with E-state index in [1.165, 1.54) is 0 Å². The third-order valence-electron chi connectivity index (χ3n) is 2.29. The van der Waals surface area contributed by atoms with Crippen LogP contribution in [-0.4, -0.2) is 20.4 Å². The number of hydrogen-bond acceptors (Lipinski definition) is 3. The third kappa shape index (κ3) is 2.03. The first kappa shape index (κ1) is 9.83. The van der Waals surface area contributed by atoms with Gasteiger partial charge in [0.25, 0.3) is 0 Å². The molecule has 4 nitrogen and oxygen atoms in total. The number of ketones is 1. The molecule has 2 rings (SSSR count). The molecule has 0 saturated heterocycles. The van der Waals surface area contributed by atoms with E-state index in [0.717, 1.165) is 17.2 Å². The largest absolute Gasteiger partial charge is 0.300 e. The Hall–Kier alpha value is -1.71. The molecule has 0 saturated carbocycles. The van der Waals surface area contributed by atoms with E-state index in [2.05, 4.69) is 10.1 Å². The van der Waals surface area contributed by atoms with Gasteiger partial charge in [0.05, 0.1) is 0 Å². The third-order valence-corrected chi connectivity index (χ3v) is 2.29. The van der Waals surface area contributed by atoms with Crippen molar-refractivity contribution < 1.29 is 4.79 Å². The summed E-state index contributed by atoms with van der Waals surface area (Å²) in [6.45, 7) is 3.57. The fourth-order valence-electron chi connectivity index (χ4n) is 1.47. The summed E-state index contributed by atoms with van der Waals surface area (Å²) in [4.78, 5) is 15.2. The molecule has 0 fully saturated rings. The van der Waals surface area contributed by atoms with E-state index in [1.807, 2.05) is 25.1 Å². The molecular formula is C11H13N3O. The smallest absolute Gasteiger partial charge is 0.155 e. The van der Waals surface area contributed by atoms with Gasteiger partial charge in [0.15, 0.2) is 11.5 Å². The molecule has 0 radical (unpaired) electrons. The summed E-state index contributed by atoms with van der Waals surface area (Å²) in [5.74, 6) is 0.907. The fourth-order valence-corrected chi connectivity index (χ4v) is 1.47. The predicted octanol–water partition coefficient (Wildman–Crippen LogP) is 1.56. The van der Waals surface area contributed by atoms with Crippen LogP contribution in [-0.2, 0) is 11.2 Å². The van der Waals surface area contributed by atoms with Crippen LogP contribution >= 0.6 is 0 Å². The SMILES string of the molecule is CC(=O)CCc1nc2cccc(C)n2n1. The Morgan fingerprint density at radius 3 is 2.93 bits per heavy atom. The minimum atomic E-state index is 0.172. The molecule has 0 spiro atoms. The van der Waals surface area contributed by atoms with Crippen LogP contribution in [0.3, 0.4) is 0 Å². The second-order valence-electron chi connectivity index (χ2n) is 3.67. The van der Waals surface area contributed by atoms with E-state index in [-0.39, 0.29) is 5.78 Å². The van der Waals surface area contributed by atoms with Crippen LogP contribution in [0.1, 0.15) is 24.9 Å². The summed E-state index contributed by atoms with van der Waals surface area (Å²) in [6, 6.07) is 5.85. The molecule has 2 heterocycles. The highest BCUT2D eigenvalue weighted by Gasteiger charge is 2.05. The van der Waals surface area contributed by atoms with Gasteiger partial charge in [0, 0.05) is 18.5 Å². The van der Waals surface area contributed by atoms with Gasteiger partial charge in [-0.25, -0.2) is 9.50 Å². The highest BCUT2D eigenvalue weighted by molar-refractivity contribution is 5.75. The topological polar surface area (TPSA) is 47.3 Å². The molecule has 0 aliphatic rings. The van der Waals surface area contributed by atoms with Gasteiger partial charge in [0.1, 0.15) is 5.78 Å². The number of rotatable bonds is 3. The molecule has 0 bridgehead atoms. The molecule has 0 unspecified atom stereocenters. The average Bonchev–Trinajstić information content (AvgIpc) is 2.59. The normalized spacial score (nSPS) is 10.8. The highest BCUT2D eigenvalue weighted by Crippen LogP contribution is 2.06. The monoisotopic (exact) mass is 203 g/mol. The van der Waals surface area contributed by atoms with Gasteiger partial charge in [-0.15, -0.1) is 0 Å². The van der Waals surface area contributed by atoms with Crippen molar-refractivity contribution in [3.05, 3.63) is 29.7 Å². The first-order valence-electron chi connectivity index (χ1n) is 4.97. The minimum absolute atomic E-state index is 0.172. The maximum absolute atomic E-state index is 10.8. The van der Waals surface area contributed by atoms with E-state index < -0.39 is 0 Å². The minimum Gasteiger partial charge on any atom is -0.300 e. The van der Waals surface area contributed by atoms with E-state index in [9.17, 15) is 4.79 Å². The Bertz CT molecular complexity index is 502. The predicted molar refractivity (Wildman–Crippen MR) is 56.7 cm³/mol. The van der Waals surface area contributed by atoms with Gasteiger partial charge in [-0.3, -0.25) is 0 Å². The highest BCUT2D eigenvalue weighted by atomic mass is 16.1. The molecule has 0 N–H and O–H groups in total. The summed E-state index contributed by atoms with van der Waals surface area (Å²) in [7, 11) is 0. The maximum atomic E-state index is 10.8. The molecule has 0 atom stereocenters. The maximum Gasteiger partial charge on any atom is 0.155 e. The Morgan fingerprint density at radius 2 is 2.27 bits per heavy atom. The van der Waals surface area contributed by atoms with Crippen LogP contribution in [0.2, 0.25) is 0 Å². The number of hydrogen-bond donors (Lipinski definition) is 0. The average molecular weight is 203 g/mol. The number of carbonyl (C=O) groups is 1. The number of nitrogens with zero attached hydrogens (tertiary/aromatic N) is 3. The van der Waals surface area contributed by atoms with Gasteiger partial charge in [-0.05, 0) is 26.0 Å². The van der Waals surface area contributed by atoms with Gasteiger partial charge in [-0.1, -0.05) is 6.07 Å². The van der Waals surface area contributed by atoms with Crippen molar-refractivity contribution in [2.24, 2.45) is 0 Å². The number of aromatic nitrogens is 3. The van der Waals surface area contributed by atoms with Crippen LogP contribution in [0, 0.1) is 6.92 Å². The molecule has 2 aromatic heterocycles. The van der Waals surface area contributed by atoms with Crippen LogP contribution in [0.4, 0.5) is 0 Å². The molecule has 0 aliphatic heterocycles. The van der Waals surface area contributed by atoms with Crippen LogP contribution in [0.5, 0.6) is 0 Å². The molecule has 78 valence electrons. The second kappa shape index (κ2) is 3.81. The summed E-state index contributed by atoms with van der Waals surface area (Å²) in [5.41, 5.74) is 1.89. The lowest BCUT2D eigenvalue weighted by Crippen LogP contribution is -1.97. The summed E-state index contributed by atoms with van der Waals surface area (Å²) < 4.78 is 1.80. The standard InChI is InChI=1S/C11H13N3O/c1-8-4-3-5-11-12-10(13-14(8)11)7-6-9(2)15/h3-5H,6-7H2,1-2H3. The molecule has 4 heteroatoms. The van der Waals surface area contributed by atoms with Gasteiger partial charge in [-0.2, -0.15) is 5.10 Å². The van der Waals surface area contributed by atoms with Crippen molar-refractivity contribution in [3.8, 4) is 0 Å².